The SMILES string of the molecule is CCC(CC)NC1(CN)CCCC1. The summed E-state index contributed by atoms with van der Waals surface area (Å²) in [4.78, 5) is 0. The van der Waals surface area contributed by atoms with Gasteiger partial charge in [-0.15, -0.1) is 0 Å². The Morgan fingerprint density at radius 2 is 1.77 bits per heavy atom. The lowest BCUT2D eigenvalue weighted by Gasteiger charge is -2.33. The van der Waals surface area contributed by atoms with Gasteiger partial charge in [0.05, 0.1) is 0 Å². The van der Waals surface area contributed by atoms with Crippen LogP contribution in [0.1, 0.15) is 52.4 Å². The van der Waals surface area contributed by atoms with Crippen LogP contribution in [-0.2, 0) is 0 Å². The lowest BCUT2D eigenvalue weighted by atomic mass is 9.95. The summed E-state index contributed by atoms with van der Waals surface area (Å²) in [6, 6.07) is 0.668. The molecule has 1 rings (SSSR count). The van der Waals surface area contributed by atoms with Gasteiger partial charge in [-0.05, 0) is 25.7 Å². The van der Waals surface area contributed by atoms with Crippen molar-refractivity contribution >= 4 is 0 Å². The van der Waals surface area contributed by atoms with Crippen LogP contribution in [0, 0.1) is 0 Å². The highest BCUT2D eigenvalue weighted by molar-refractivity contribution is 4.95. The highest BCUT2D eigenvalue weighted by atomic mass is 15.0. The molecule has 0 bridgehead atoms. The molecule has 0 aromatic heterocycles. The van der Waals surface area contributed by atoms with Crippen molar-refractivity contribution in [3.05, 3.63) is 0 Å². The Bertz CT molecular complexity index is 135. The minimum absolute atomic E-state index is 0.288. The van der Waals surface area contributed by atoms with E-state index >= 15 is 0 Å². The highest BCUT2D eigenvalue weighted by Gasteiger charge is 2.33. The Labute approximate surface area is 82.3 Å². The van der Waals surface area contributed by atoms with Gasteiger partial charge in [-0.3, -0.25) is 0 Å². The summed E-state index contributed by atoms with van der Waals surface area (Å²) in [6.07, 6.45) is 7.70. The van der Waals surface area contributed by atoms with Crippen LogP contribution >= 0.6 is 0 Å². The van der Waals surface area contributed by atoms with Crippen LogP contribution in [0.3, 0.4) is 0 Å². The maximum atomic E-state index is 5.86. The molecule has 13 heavy (non-hydrogen) atoms. The maximum absolute atomic E-state index is 5.86. The quantitative estimate of drug-likeness (QED) is 0.686. The van der Waals surface area contributed by atoms with Gasteiger partial charge in [0.2, 0.25) is 0 Å². The second kappa shape index (κ2) is 4.97. The Balaban J connectivity index is 2.46. The van der Waals surface area contributed by atoms with Crippen LogP contribution in [0.15, 0.2) is 0 Å². The molecule has 0 radical (unpaired) electrons. The summed E-state index contributed by atoms with van der Waals surface area (Å²) in [6.45, 7) is 5.31. The van der Waals surface area contributed by atoms with Gasteiger partial charge in [0.25, 0.3) is 0 Å². The molecule has 1 saturated carbocycles. The van der Waals surface area contributed by atoms with E-state index in [0.29, 0.717) is 6.04 Å². The molecule has 3 N–H and O–H groups in total. The summed E-state index contributed by atoms with van der Waals surface area (Å²) >= 11 is 0. The summed E-state index contributed by atoms with van der Waals surface area (Å²) in [7, 11) is 0. The fraction of sp³-hybridized carbons (Fsp3) is 1.00. The first kappa shape index (κ1) is 11.0. The van der Waals surface area contributed by atoms with Crippen molar-refractivity contribution in [1.82, 2.24) is 5.32 Å². The third-order valence-corrected chi connectivity index (χ3v) is 3.45. The lowest BCUT2D eigenvalue weighted by molar-refractivity contribution is 0.286. The molecule has 1 aliphatic carbocycles. The molecule has 78 valence electrons. The van der Waals surface area contributed by atoms with E-state index < -0.39 is 0 Å². The van der Waals surface area contributed by atoms with E-state index in [1.807, 2.05) is 0 Å². The molecule has 2 nitrogen and oxygen atoms in total. The van der Waals surface area contributed by atoms with Crippen molar-refractivity contribution in [3.63, 3.8) is 0 Å². The Morgan fingerprint density at radius 1 is 1.23 bits per heavy atom. The van der Waals surface area contributed by atoms with Gasteiger partial charge in [0.15, 0.2) is 0 Å². The zero-order valence-corrected chi connectivity index (χ0v) is 9.10. The second-order valence-corrected chi connectivity index (χ2v) is 4.35. The Morgan fingerprint density at radius 3 is 2.15 bits per heavy atom. The van der Waals surface area contributed by atoms with Crippen molar-refractivity contribution in [2.45, 2.75) is 64.0 Å². The smallest absolute Gasteiger partial charge is 0.0306 e. The monoisotopic (exact) mass is 184 g/mol. The molecule has 0 saturated heterocycles. The van der Waals surface area contributed by atoms with Crippen LogP contribution < -0.4 is 11.1 Å². The van der Waals surface area contributed by atoms with Crippen LogP contribution in [0.2, 0.25) is 0 Å². The number of nitrogens with two attached hydrogens (primary N) is 1. The molecule has 0 unspecified atom stereocenters. The first-order valence-electron chi connectivity index (χ1n) is 5.74. The van der Waals surface area contributed by atoms with E-state index in [-0.39, 0.29) is 5.54 Å². The van der Waals surface area contributed by atoms with Gasteiger partial charge in [-0.25, -0.2) is 0 Å². The molecule has 0 aromatic carbocycles. The normalized spacial score (nSPS) is 21.2. The zero-order valence-electron chi connectivity index (χ0n) is 9.10. The van der Waals surface area contributed by atoms with E-state index in [1.54, 1.807) is 0 Å². The fourth-order valence-electron chi connectivity index (χ4n) is 2.38. The predicted octanol–water partition coefficient (Wildman–Crippen LogP) is 2.04. The first-order chi connectivity index (χ1) is 6.26. The maximum Gasteiger partial charge on any atom is 0.0306 e. The van der Waals surface area contributed by atoms with E-state index in [2.05, 4.69) is 19.2 Å². The average Bonchev–Trinajstić information content (AvgIpc) is 2.63. The molecule has 0 aromatic rings. The summed E-state index contributed by atoms with van der Waals surface area (Å²) < 4.78 is 0. The third-order valence-electron chi connectivity index (χ3n) is 3.45. The molecule has 0 aliphatic heterocycles. The van der Waals surface area contributed by atoms with Gasteiger partial charge in [-0.1, -0.05) is 26.7 Å². The predicted molar refractivity (Wildman–Crippen MR) is 57.8 cm³/mol. The van der Waals surface area contributed by atoms with Gasteiger partial charge in [0.1, 0.15) is 0 Å². The van der Waals surface area contributed by atoms with Crippen LogP contribution in [0.4, 0.5) is 0 Å². The van der Waals surface area contributed by atoms with Gasteiger partial charge in [0, 0.05) is 18.1 Å². The van der Waals surface area contributed by atoms with Crippen LogP contribution in [0.5, 0.6) is 0 Å². The van der Waals surface area contributed by atoms with E-state index in [1.165, 1.54) is 38.5 Å². The molecule has 0 spiro atoms. The standard InChI is InChI=1S/C11H24N2/c1-3-10(4-2)13-11(9-12)7-5-6-8-11/h10,13H,3-9,12H2,1-2H3. The van der Waals surface area contributed by atoms with E-state index in [0.717, 1.165) is 6.54 Å². The van der Waals surface area contributed by atoms with Crippen molar-refractivity contribution in [3.8, 4) is 0 Å². The largest absolute Gasteiger partial charge is 0.329 e. The first-order valence-corrected chi connectivity index (χ1v) is 5.74. The lowest BCUT2D eigenvalue weighted by Crippen LogP contribution is -2.53. The number of nitrogens with one attached hydrogen (secondary N) is 1. The average molecular weight is 184 g/mol. The molecule has 0 atom stereocenters. The minimum Gasteiger partial charge on any atom is -0.329 e. The number of rotatable bonds is 5. The van der Waals surface area contributed by atoms with E-state index in [4.69, 9.17) is 5.73 Å². The van der Waals surface area contributed by atoms with Crippen molar-refractivity contribution in [1.29, 1.82) is 0 Å². The fourth-order valence-corrected chi connectivity index (χ4v) is 2.38. The highest BCUT2D eigenvalue weighted by Crippen LogP contribution is 2.29. The minimum atomic E-state index is 0.288. The molecule has 0 heterocycles. The van der Waals surface area contributed by atoms with Crippen molar-refractivity contribution in [2.24, 2.45) is 5.73 Å². The summed E-state index contributed by atoms with van der Waals surface area (Å²) in [5, 5.41) is 3.75. The van der Waals surface area contributed by atoms with Crippen molar-refractivity contribution < 1.29 is 0 Å². The topological polar surface area (TPSA) is 38.0 Å². The Kier molecular flexibility index (Phi) is 4.20. The van der Waals surface area contributed by atoms with Gasteiger partial charge in [-0.2, -0.15) is 0 Å². The van der Waals surface area contributed by atoms with Gasteiger partial charge < -0.3 is 11.1 Å². The van der Waals surface area contributed by atoms with E-state index in [9.17, 15) is 0 Å². The molecule has 1 aliphatic rings. The zero-order chi connectivity index (χ0) is 9.73. The third kappa shape index (κ3) is 2.68. The molecular weight excluding hydrogens is 160 g/mol. The molecular formula is C11H24N2. The van der Waals surface area contributed by atoms with Crippen LogP contribution in [-0.4, -0.2) is 18.1 Å². The molecule has 1 fully saturated rings. The Hall–Kier alpha value is -0.0800. The number of hydrogen-bond acceptors (Lipinski definition) is 2. The van der Waals surface area contributed by atoms with Crippen LogP contribution in [0.25, 0.3) is 0 Å². The number of hydrogen-bond donors (Lipinski definition) is 2. The summed E-state index contributed by atoms with van der Waals surface area (Å²) in [5.74, 6) is 0. The van der Waals surface area contributed by atoms with Gasteiger partial charge >= 0.3 is 0 Å². The molecule has 2 heteroatoms. The second-order valence-electron chi connectivity index (χ2n) is 4.35. The molecule has 0 amide bonds. The van der Waals surface area contributed by atoms with Crippen molar-refractivity contribution in [2.75, 3.05) is 6.54 Å². The summed E-state index contributed by atoms with van der Waals surface area (Å²) in [5.41, 5.74) is 6.15.